The third-order valence-electron chi connectivity index (χ3n) is 2.50. The third kappa shape index (κ3) is 1.26. The molecule has 0 atom stereocenters. The van der Waals surface area contributed by atoms with Crippen molar-refractivity contribution in [3.63, 3.8) is 0 Å². The van der Waals surface area contributed by atoms with E-state index in [9.17, 15) is 0 Å². The monoisotopic (exact) mass is 296 g/mol. The summed E-state index contributed by atoms with van der Waals surface area (Å²) in [6.07, 6.45) is 0. The lowest BCUT2D eigenvalue weighted by atomic mass is 10.4. The van der Waals surface area contributed by atoms with Crippen molar-refractivity contribution in [2.45, 2.75) is 6.92 Å². The molecule has 6 heteroatoms. The molecular weight excluding hydrogens is 288 g/mol. The summed E-state index contributed by atoms with van der Waals surface area (Å²) in [7, 11) is 1.98. The second kappa shape index (κ2) is 3.43. The standard InChI is InChI=1S/C10H9BrN4S/c1-6-8(11)15-10(12-6)14(2)9(13-15)7-4-3-5-16-7/h3-5H,1-2H3. The Balaban J connectivity index is 2.33. The molecule has 82 valence electrons. The Hall–Kier alpha value is -1.14. The number of hydrogen-bond donors (Lipinski definition) is 0. The average Bonchev–Trinajstić information content (AvgIpc) is 2.92. The molecule has 16 heavy (non-hydrogen) atoms. The number of aromatic nitrogens is 4. The van der Waals surface area contributed by atoms with Crippen molar-refractivity contribution >= 4 is 33.0 Å². The van der Waals surface area contributed by atoms with E-state index in [1.165, 1.54) is 0 Å². The van der Waals surface area contributed by atoms with Crippen molar-refractivity contribution in [3.05, 3.63) is 27.8 Å². The molecule has 0 unspecified atom stereocenters. The summed E-state index contributed by atoms with van der Waals surface area (Å²) in [5.74, 6) is 1.80. The lowest BCUT2D eigenvalue weighted by molar-refractivity contribution is 0.941. The van der Waals surface area contributed by atoms with Crippen LogP contribution in [0.5, 0.6) is 0 Å². The van der Waals surface area contributed by atoms with Gasteiger partial charge < -0.3 is 0 Å². The fourth-order valence-corrected chi connectivity index (χ4v) is 2.74. The summed E-state index contributed by atoms with van der Waals surface area (Å²) in [5, 5.41) is 6.60. The molecule has 0 bridgehead atoms. The van der Waals surface area contributed by atoms with Crippen LogP contribution in [-0.2, 0) is 7.05 Å². The van der Waals surface area contributed by atoms with Crippen LogP contribution in [0.2, 0.25) is 0 Å². The van der Waals surface area contributed by atoms with Crippen molar-refractivity contribution in [1.29, 1.82) is 0 Å². The average molecular weight is 297 g/mol. The first-order chi connectivity index (χ1) is 7.68. The fraction of sp³-hybridized carbons (Fsp3) is 0.200. The molecule has 0 saturated heterocycles. The molecule has 0 aliphatic heterocycles. The van der Waals surface area contributed by atoms with Crippen LogP contribution < -0.4 is 0 Å². The number of rotatable bonds is 1. The van der Waals surface area contributed by atoms with Crippen LogP contribution in [0, 0.1) is 6.92 Å². The molecule has 3 aromatic heterocycles. The Morgan fingerprint density at radius 1 is 1.44 bits per heavy atom. The smallest absolute Gasteiger partial charge is 0.233 e. The van der Waals surface area contributed by atoms with Crippen molar-refractivity contribution in [1.82, 2.24) is 19.2 Å². The largest absolute Gasteiger partial charge is 0.295 e. The zero-order valence-corrected chi connectivity index (χ0v) is 11.2. The van der Waals surface area contributed by atoms with E-state index in [2.05, 4.69) is 32.1 Å². The first-order valence-electron chi connectivity index (χ1n) is 4.80. The first-order valence-corrected chi connectivity index (χ1v) is 6.47. The van der Waals surface area contributed by atoms with Gasteiger partial charge in [-0.1, -0.05) is 6.07 Å². The SMILES string of the molecule is Cc1nc2n(C)c(-c3cccs3)nn2c1Br. The van der Waals surface area contributed by atoms with Gasteiger partial charge in [-0.25, -0.2) is 4.98 Å². The number of thiophene rings is 1. The van der Waals surface area contributed by atoms with E-state index in [0.29, 0.717) is 0 Å². The van der Waals surface area contributed by atoms with E-state index < -0.39 is 0 Å². The van der Waals surface area contributed by atoms with Crippen LogP contribution >= 0.6 is 27.3 Å². The molecule has 0 saturated carbocycles. The van der Waals surface area contributed by atoms with Crippen molar-refractivity contribution in [2.24, 2.45) is 7.05 Å². The van der Waals surface area contributed by atoms with Crippen molar-refractivity contribution < 1.29 is 0 Å². The quantitative estimate of drug-likeness (QED) is 0.692. The highest BCUT2D eigenvalue weighted by Crippen LogP contribution is 2.26. The van der Waals surface area contributed by atoms with Crippen LogP contribution in [0.25, 0.3) is 16.5 Å². The maximum Gasteiger partial charge on any atom is 0.233 e. The highest BCUT2D eigenvalue weighted by molar-refractivity contribution is 9.10. The molecule has 0 fully saturated rings. The van der Waals surface area contributed by atoms with Gasteiger partial charge in [0.15, 0.2) is 5.82 Å². The zero-order chi connectivity index (χ0) is 11.3. The van der Waals surface area contributed by atoms with E-state index in [1.54, 1.807) is 11.3 Å². The molecule has 0 aromatic carbocycles. The van der Waals surface area contributed by atoms with Crippen LogP contribution in [0.3, 0.4) is 0 Å². The minimum Gasteiger partial charge on any atom is -0.295 e. The van der Waals surface area contributed by atoms with Gasteiger partial charge in [0.2, 0.25) is 5.78 Å². The normalized spacial score (nSPS) is 11.4. The second-order valence-corrected chi connectivity index (χ2v) is 5.26. The summed E-state index contributed by atoms with van der Waals surface area (Å²) in [4.78, 5) is 5.61. The molecular formula is C10H9BrN4S. The lowest BCUT2D eigenvalue weighted by Crippen LogP contribution is -1.91. The lowest BCUT2D eigenvalue weighted by Gasteiger charge is -1.95. The predicted molar refractivity (Wildman–Crippen MR) is 67.7 cm³/mol. The topological polar surface area (TPSA) is 35.1 Å². The molecule has 0 aliphatic carbocycles. The summed E-state index contributed by atoms with van der Waals surface area (Å²) in [5.41, 5.74) is 0.954. The number of aryl methyl sites for hydroxylation is 2. The number of nitrogens with zero attached hydrogens (tertiary/aromatic N) is 4. The highest BCUT2D eigenvalue weighted by atomic mass is 79.9. The summed E-state index contributed by atoms with van der Waals surface area (Å²) >= 11 is 5.17. The van der Waals surface area contributed by atoms with Gasteiger partial charge in [-0.05, 0) is 34.3 Å². The number of fused-ring (bicyclic) bond motifs is 1. The number of halogens is 1. The van der Waals surface area contributed by atoms with Gasteiger partial charge in [-0.3, -0.25) is 4.57 Å². The van der Waals surface area contributed by atoms with E-state index >= 15 is 0 Å². The van der Waals surface area contributed by atoms with E-state index in [-0.39, 0.29) is 0 Å². The summed E-state index contributed by atoms with van der Waals surface area (Å²) in [6.45, 7) is 1.96. The van der Waals surface area contributed by atoms with Gasteiger partial charge in [-0.2, -0.15) is 4.52 Å². The van der Waals surface area contributed by atoms with Crippen molar-refractivity contribution in [3.8, 4) is 10.7 Å². The van der Waals surface area contributed by atoms with Gasteiger partial charge in [-0.15, -0.1) is 16.4 Å². The third-order valence-corrected chi connectivity index (χ3v) is 4.27. The molecule has 0 spiro atoms. The maximum atomic E-state index is 4.56. The van der Waals surface area contributed by atoms with Crippen molar-refractivity contribution in [2.75, 3.05) is 0 Å². The Morgan fingerprint density at radius 2 is 2.25 bits per heavy atom. The minimum absolute atomic E-state index is 0.854. The van der Waals surface area contributed by atoms with Gasteiger partial charge in [0.25, 0.3) is 0 Å². The van der Waals surface area contributed by atoms with E-state index in [0.717, 1.165) is 26.8 Å². The molecule has 3 rings (SSSR count). The summed E-state index contributed by atoms with van der Waals surface area (Å²) < 4.78 is 4.74. The second-order valence-electron chi connectivity index (χ2n) is 3.56. The fourth-order valence-electron chi connectivity index (χ4n) is 1.67. The first kappa shape index (κ1) is 10.0. The number of hydrogen-bond acceptors (Lipinski definition) is 3. The molecule has 3 aromatic rings. The van der Waals surface area contributed by atoms with Crippen LogP contribution in [0.15, 0.2) is 22.1 Å². The minimum atomic E-state index is 0.854. The highest BCUT2D eigenvalue weighted by Gasteiger charge is 2.15. The predicted octanol–water partition coefficient (Wildman–Crippen LogP) is 2.87. The summed E-state index contributed by atoms with van der Waals surface area (Å²) in [6, 6.07) is 4.09. The van der Waals surface area contributed by atoms with E-state index in [4.69, 9.17) is 0 Å². The van der Waals surface area contributed by atoms with Gasteiger partial charge in [0.1, 0.15) is 4.60 Å². The van der Waals surface area contributed by atoms with Gasteiger partial charge in [0, 0.05) is 7.05 Å². The van der Waals surface area contributed by atoms with Gasteiger partial charge in [0.05, 0.1) is 10.6 Å². The number of imidazole rings is 1. The Bertz CT molecular complexity index is 650. The molecule has 4 nitrogen and oxygen atoms in total. The van der Waals surface area contributed by atoms with Crippen LogP contribution in [0.4, 0.5) is 0 Å². The molecule has 0 N–H and O–H groups in total. The van der Waals surface area contributed by atoms with Crippen LogP contribution in [0.1, 0.15) is 5.69 Å². The van der Waals surface area contributed by atoms with Crippen LogP contribution in [-0.4, -0.2) is 19.2 Å². The van der Waals surface area contributed by atoms with E-state index in [1.807, 2.05) is 34.5 Å². The molecule has 0 radical (unpaired) electrons. The maximum absolute atomic E-state index is 4.56. The Labute approximate surface area is 105 Å². The molecule has 3 heterocycles. The molecule has 0 amide bonds. The Kier molecular flexibility index (Phi) is 2.15. The molecule has 0 aliphatic rings. The zero-order valence-electron chi connectivity index (χ0n) is 8.81. The van der Waals surface area contributed by atoms with Gasteiger partial charge >= 0.3 is 0 Å². The Morgan fingerprint density at radius 3 is 2.88 bits per heavy atom.